The third-order valence-corrected chi connectivity index (χ3v) is 6.94. The Morgan fingerprint density at radius 1 is 1.26 bits per heavy atom. The van der Waals surface area contributed by atoms with Gasteiger partial charge in [0.2, 0.25) is 0 Å². The van der Waals surface area contributed by atoms with Gasteiger partial charge in [0, 0.05) is 0 Å². The Labute approximate surface area is 161 Å². The molecular weight excluding hydrogens is 380 g/mol. The number of aryl methyl sites for hydroxylation is 1. The molecule has 0 aliphatic heterocycles. The van der Waals surface area contributed by atoms with Crippen LogP contribution in [0.5, 0.6) is 0 Å². The fourth-order valence-corrected chi connectivity index (χ4v) is 4.94. The number of thiazole rings is 1. The number of rotatable bonds is 4. The molecular formula is C20H18N2O3S2. The summed E-state index contributed by atoms with van der Waals surface area (Å²) in [5.41, 5.74) is 2.05. The predicted octanol–water partition coefficient (Wildman–Crippen LogP) is 3.18. The van der Waals surface area contributed by atoms with E-state index in [1.165, 1.54) is 23.5 Å². The summed E-state index contributed by atoms with van der Waals surface area (Å²) < 4.78 is 27.4. The van der Waals surface area contributed by atoms with E-state index in [9.17, 15) is 13.2 Å². The number of hydrogen-bond donors (Lipinski definition) is 0. The lowest BCUT2D eigenvalue weighted by Crippen LogP contribution is -2.17. The molecule has 27 heavy (non-hydrogen) atoms. The highest BCUT2D eigenvalue weighted by atomic mass is 32.2. The van der Waals surface area contributed by atoms with Crippen LogP contribution in [0.3, 0.4) is 0 Å². The Morgan fingerprint density at radius 2 is 2.00 bits per heavy atom. The van der Waals surface area contributed by atoms with Crippen LogP contribution in [-0.2, 0) is 16.4 Å². The van der Waals surface area contributed by atoms with Gasteiger partial charge in [-0.05, 0) is 36.8 Å². The van der Waals surface area contributed by atoms with Crippen LogP contribution in [0.2, 0.25) is 0 Å². The van der Waals surface area contributed by atoms with Gasteiger partial charge in [-0.1, -0.05) is 42.4 Å². The molecule has 7 heteroatoms. The standard InChI is InChI=1S/C20H18N2O3S2/c1-4-12-22-16-11-10-14(3)13-17(16)26-20(22)21-19(23)15-8-6-7-9-18(15)27(24,25)5-2/h1,6-11,13H,5,12H2,2-3H3. The minimum absolute atomic E-state index is 0.00158. The first-order valence-electron chi connectivity index (χ1n) is 8.31. The Balaban J connectivity index is 2.20. The molecule has 138 valence electrons. The van der Waals surface area contributed by atoms with Crippen molar-refractivity contribution in [3.05, 3.63) is 58.4 Å². The lowest BCUT2D eigenvalue weighted by atomic mass is 10.2. The second kappa shape index (κ2) is 7.51. The molecule has 0 atom stereocenters. The minimum Gasteiger partial charge on any atom is -0.305 e. The summed E-state index contributed by atoms with van der Waals surface area (Å²) in [6, 6.07) is 12.1. The number of nitrogens with zero attached hydrogens (tertiary/aromatic N) is 2. The lowest BCUT2D eigenvalue weighted by Gasteiger charge is -2.06. The molecule has 3 aromatic rings. The molecule has 0 spiro atoms. The van der Waals surface area contributed by atoms with Crippen molar-refractivity contribution in [1.82, 2.24) is 4.57 Å². The van der Waals surface area contributed by atoms with E-state index < -0.39 is 15.7 Å². The second-order valence-corrected chi connectivity index (χ2v) is 9.22. The van der Waals surface area contributed by atoms with Gasteiger partial charge >= 0.3 is 0 Å². The van der Waals surface area contributed by atoms with E-state index in [-0.39, 0.29) is 22.8 Å². The van der Waals surface area contributed by atoms with Gasteiger partial charge in [0.05, 0.1) is 33.0 Å². The van der Waals surface area contributed by atoms with Crippen LogP contribution >= 0.6 is 11.3 Å². The molecule has 0 bridgehead atoms. The number of sulfone groups is 1. The van der Waals surface area contributed by atoms with E-state index in [1.807, 2.05) is 25.1 Å². The largest absolute Gasteiger partial charge is 0.305 e. The zero-order chi connectivity index (χ0) is 19.6. The van der Waals surface area contributed by atoms with Gasteiger partial charge in [-0.2, -0.15) is 4.99 Å². The van der Waals surface area contributed by atoms with Gasteiger partial charge in [-0.15, -0.1) is 6.42 Å². The van der Waals surface area contributed by atoms with Gasteiger partial charge in [0.1, 0.15) is 0 Å². The fraction of sp³-hybridized carbons (Fsp3) is 0.200. The average molecular weight is 399 g/mol. The molecule has 0 fully saturated rings. The van der Waals surface area contributed by atoms with Crippen molar-refractivity contribution >= 4 is 37.3 Å². The average Bonchev–Trinajstić information content (AvgIpc) is 2.98. The number of fused-ring (bicyclic) bond motifs is 1. The molecule has 0 saturated carbocycles. The van der Waals surface area contributed by atoms with Crippen LogP contribution in [-0.4, -0.2) is 24.6 Å². The highest BCUT2D eigenvalue weighted by Crippen LogP contribution is 2.20. The van der Waals surface area contributed by atoms with Gasteiger partial charge in [-0.25, -0.2) is 8.42 Å². The molecule has 0 N–H and O–H groups in total. The van der Waals surface area contributed by atoms with Crippen LogP contribution in [0.4, 0.5) is 0 Å². The van der Waals surface area contributed by atoms with E-state index in [1.54, 1.807) is 23.6 Å². The van der Waals surface area contributed by atoms with Crippen molar-refractivity contribution < 1.29 is 13.2 Å². The van der Waals surface area contributed by atoms with Crippen LogP contribution < -0.4 is 4.80 Å². The number of amides is 1. The Kier molecular flexibility index (Phi) is 5.31. The summed E-state index contributed by atoms with van der Waals surface area (Å²) in [5.74, 6) is 1.89. The summed E-state index contributed by atoms with van der Waals surface area (Å²) in [6.45, 7) is 3.80. The van der Waals surface area contributed by atoms with Crippen molar-refractivity contribution in [3.8, 4) is 12.3 Å². The first kappa shape index (κ1) is 19.1. The van der Waals surface area contributed by atoms with Crippen LogP contribution in [0.25, 0.3) is 10.2 Å². The predicted molar refractivity (Wildman–Crippen MR) is 107 cm³/mol. The molecule has 1 heterocycles. The maximum atomic E-state index is 12.8. The molecule has 1 amide bonds. The Morgan fingerprint density at radius 3 is 2.70 bits per heavy atom. The van der Waals surface area contributed by atoms with E-state index >= 15 is 0 Å². The maximum absolute atomic E-state index is 12.8. The molecule has 0 unspecified atom stereocenters. The van der Waals surface area contributed by atoms with Crippen LogP contribution in [0.1, 0.15) is 22.8 Å². The van der Waals surface area contributed by atoms with Gasteiger partial charge in [0.15, 0.2) is 14.6 Å². The Hall–Kier alpha value is -2.69. The van der Waals surface area contributed by atoms with E-state index in [2.05, 4.69) is 10.9 Å². The highest BCUT2D eigenvalue weighted by molar-refractivity contribution is 7.91. The van der Waals surface area contributed by atoms with E-state index in [0.717, 1.165) is 15.8 Å². The van der Waals surface area contributed by atoms with Crippen molar-refractivity contribution in [2.24, 2.45) is 4.99 Å². The SMILES string of the molecule is C#CCn1c(=NC(=O)c2ccccc2S(=O)(=O)CC)sc2cc(C)ccc21. The topological polar surface area (TPSA) is 68.5 Å². The molecule has 1 aromatic heterocycles. The summed E-state index contributed by atoms with van der Waals surface area (Å²) in [6.07, 6.45) is 5.48. The molecule has 3 rings (SSSR count). The number of hydrogen-bond acceptors (Lipinski definition) is 4. The number of benzene rings is 2. The molecule has 0 aliphatic carbocycles. The first-order chi connectivity index (χ1) is 12.9. The number of aromatic nitrogens is 1. The zero-order valence-corrected chi connectivity index (χ0v) is 16.6. The third kappa shape index (κ3) is 3.72. The van der Waals surface area contributed by atoms with Gasteiger partial charge in [0.25, 0.3) is 5.91 Å². The zero-order valence-electron chi connectivity index (χ0n) is 15.0. The van der Waals surface area contributed by atoms with Gasteiger partial charge < -0.3 is 4.57 Å². The summed E-state index contributed by atoms with van der Waals surface area (Å²) >= 11 is 1.35. The van der Waals surface area contributed by atoms with Crippen LogP contribution in [0.15, 0.2) is 52.4 Å². The number of carbonyl (C=O) groups is 1. The van der Waals surface area contributed by atoms with Crippen molar-refractivity contribution in [2.45, 2.75) is 25.3 Å². The monoisotopic (exact) mass is 398 g/mol. The molecule has 0 aliphatic rings. The van der Waals surface area contributed by atoms with Crippen molar-refractivity contribution in [1.29, 1.82) is 0 Å². The number of carbonyl (C=O) groups excluding carboxylic acids is 1. The number of terminal acetylenes is 1. The second-order valence-electron chi connectivity index (χ2n) is 5.96. The molecule has 0 radical (unpaired) electrons. The lowest BCUT2D eigenvalue weighted by molar-refractivity contribution is 0.0994. The normalized spacial score (nSPS) is 12.3. The highest BCUT2D eigenvalue weighted by Gasteiger charge is 2.20. The van der Waals surface area contributed by atoms with Crippen molar-refractivity contribution in [3.63, 3.8) is 0 Å². The van der Waals surface area contributed by atoms with Crippen molar-refractivity contribution in [2.75, 3.05) is 5.75 Å². The fourth-order valence-electron chi connectivity index (χ4n) is 2.73. The molecule has 2 aromatic carbocycles. The molecule has 5 nitrogen and oxygen atoms in total. The summed E-state index contributed by atoms with van der Waals surface area (Å²) in [4.78, 5) is 17.5. The van der Waals surface area contributed by atoms with E-state index in [4.69, 9.17) is 6.42 Å². The van der Waals surface area contributed by atoms with E-state index in [0.29, 0.717) is 4.80 Å². The Bertz CT molecular complexity index is 1240. The molecule has 0 saturated heterocycles. The minimum atomic E-state index is -3.53. The maximum Gasteiger partial charge on any atom is 0.280 e. The van der Waals surface area contributed by atoms with Crippen LogP contribution in [0, 0.1) is 19.3 Å². The van der Waals surface area contributed by atoms with Gasteiger partial charge in [-0.3, -0.25) is 4.79 Å². The summed E-state index contributed by atoms with van der Waals surface area (Å²) in [5, 5.41) is 0. The summed E-state index contributed by atoms with van der Waals surface area (Å²) in [7, 11) is -3.53. The smallest absolute Gasteiger partial charge is 0.280 e. The first-order valence-corrected chi connectivity index (χ1v) is 10.8. The third-order valence-electron chi connectivity index (χ3n) is 4.12. The quantitative estimate of drug-likeness (QED) is 0.634.